The van der Waals surface area contributed by atoms with E-state index in [1.54, 1.807) is 0 Å². The van der Waals surface area contributed by atoms with E-state index >= 15 is 0 Å². The lowest BCUT2D eigenvalue weighted by atomic mass is 9.95. The van der Waals surface area contributed by atoms with Crippen molar-refractivity contribution in [3.63, 3.8) is 0 Å². The highest BCUT2D eigenvalue weighted by molar-refractivity contribution is 6.30. The van der Waals surface area contributed by atoms with E-state index in [0.29, 0.717) is 0 Å². The molecule has 0 saturated carbocycles. The molecule has 1 amide bonds. The third-order valence-electron chi connectivity index (χ3n) is 3.66. The van der Waals surface area contributed by atoms with Gasteiger partial charge in [0.15, 0.2) is 0 Å². The van der Waals surface area contributed by atoms with Crippen LogP contribution in [0, 0.1) is 5.41 Å². The maximum atomic E-state index is 12.7. The minimum Gasteiger partial charge on any atom is -0.321 e. The number of halogens is 1. The van der Waals surface area contributed by atoms with E-state index in [0.717, 1.165) is 30.0 Å². The van der Waals surface area contributed by atoms with Gasteiger partial charge in [0.1, 0.15) is 6.17 Å². The van der Waals surface area contributed by atoms with Gasteiger partial charge in [-0.3, -0.25) is 10.1 Å². The molecule has 1 aliphatic rings. The molecule has 1 saturated heterocycles. The Hall–Kier alpha value is -1.06. The molecule has 1 aromatic rings. The Bertz CT molecular complexity index is 493. The second kappa shape index (κ2) is 6.37. The number of hydrogen-bond acceptors (Lipinski definition) is 2. The zero-order valence-corrected chi connectivity index (χ0v) is 14.1. The summed E-state index contributed by atoms with van der Waals surface area (Å²) in [5.74, 6) is 0.215. The van der Waals surface area contributed by atoms with Crippen LogP contribution in [0.25, 0.3) is 0 Å². The molecule has 21 heavy (non-hydrogen) atoms. The van der Waals surface area contributed by atoms with Gasteiger partial charge in [-0.2, -0.15) is 0 Å². The number of carbonyl (C=O) groups excluding carboxylic acids is 1. The first kappa shape index (κ1) is 16.3. The van der Waals surface area contributed by atoms with E-state index in [9.17, 15) is 4.79 Å². The molecular weight excluding hydrogens is 284 g/mol. The predicted octanol–water partition coefficient (Wildman–Crippen LogP) is 3.99. The molecule has 1 heterocycles. The zero-order valence-electron chi connectivity index (χ0n) is 13.3. The molecule has 3 nitrogen and oxygen atoms in total. The Labute approximate surface area is 132 Å². The first-order valence-corrected chi connectivity index (χ1v) is 8.01. The van der Waals surface area contributed by atoms with E-state index in [2.05, 4.69) is 33.0 Å². The number of amides is 1. The van der Waals surface area contributed by atoms with Crippen LogP contribution in [0.1, 0.15) is 52.3 Å². The van der Waals surface area contributed by atoms with Gasteiger partial charge in [0.2, 0.25) is 5.91 Å². The molecule has 2 unspecified atom stereocenters. The number of rotatable bonds is 4. The van der Waals surface area contributed by atoms with Crippen molar-refractivity contribution in [1.29, 1.82) is 0 Å². The first-order chi connectivity index (χ1) is 9.81. The minimum atomic E-state index is -0.0713. The first-order valence-electron chi connectivity index (χ1n) is 7.64. The third-order valence-corrected chi connectivity index (χ3v) is 3.91. The second-order valence-corrected chi connectivity index (χ2v) is 7.43. The third kappa shape index (κ3) is 3.98. The molecule has 1 aromatic carbocycles. The minimum absolute atomic E-state index is 0.0504. The fourth-order valence-electron chi connectivity index (χ4n) is 2.78. The standard InChI is InChI=1S/C17H25ClN2O/c1-5-6-14-16(21)20(11-17(2,3)4)15(19-14)12-7-9-13(18)10-8-12/h7-10,14-15,19H,5-6,11H2,1-4H3. The van der Waals surface area contributed by atoms with Gasteiger partial charge < -0.3 is 4.90 Å². The fourth-order valence-corrected chi connectivity index (χ4v) is 2.90. The van der Waals surface area contributed by atoms with Crippen LogP contribution >= 0.6 is 11.6 Å². The molecule has 2 rings (SSSR count). The Kier molecular flexibility index (Phi) is 4.95. The topological polar surface area (TPSA) is 32.3 Å². The van der Waals surface area contributed by atoms with Crippen molar-refractivity contribution in [2.45, 2.75) is 52.7 Å². The molecule has 2 atom stereocenters. The van der Waals surface area contributed by atoms with Gasteiger partial charge in [-0.25, -0.2) is 0 Å². The smallest absolute Gasteiger partial charge is 0.241 e. The van der Waals surface area contributed by atoms with Gasteiger partial charge in [-0.05, 0) is 29.5 Å². The van der Waals surface area contributed by atoms with Crippen LogP contribution < -0.4 is 5.32 Å². The molecule has 1 N–H and O–H groups in total. The summed E-state index contributed by atoms with van der Waals surface area (Å²) in [6, 6.07) is 7.68. The van der Waals surface area contributed by atoms with Gasteiger partial charge >= 0.3 is 0 Å². The van der Waals surface area contributed by atoms with E-state index in [1.807, 2.05) is 29.2 Å². The molecule has 0 radical (unpaired) electrons. The highest BCUT2D eigenvalue weighted by Gasteiger charge is 2.40. The van der Waals surface area contributed by atoms with Crippen LogP contribution in [-0.2, 0) is 4.79 Å². The van der Waals surface area contributed by atoms with Gasteiger partial charge in [0, 0.05) is 11.6 Å². The molecule has 0 aromatic heterocycles. The summed E-state index contributed by atoms with van der Waals surface area (Å²) in [6.07, 6.45) is 1.83. The van der Waals surface area contributed by atoms with Crippen LogP contribution in [0.4, 0.5) is 0 Å². The van der Waals surface area contributed by atoms with Crippen molar-refractivity contribution < 1.29 is 4.79 Å². The van der Waals surface area contributed by atoms with E-state index in [4.69, 9.17) is 11.6 Å². The van der Waals surface area contributed by atoms with Crippen molar-refractivity contribution in [2.24, 2.45) is 5.41 Å². The summed E-state index contributed by atoms with van der Waals surface area (Å²) in [4.78, 5) is 14.6. The maximum Gasteiger partial charge on any atom is 0.241 e. The number of hydrogen-bond donors (Lipinski definition) is 1. The van der Waals surface area contributed by atoms with Crippen molar-refractivity contribution in [3.05, 3.63) is 34.9 Å². The average Bonchev–Trinajstić information content (AvgIpc) is 2.68. The van der Waals surface area contributed by atoms with Crippen molar-refractivity contribution in [2.75, 3.05) is 6.54 Å². The van der Waals surface area contributed by atoms with Crippen LogP contribution in [0.3, 0.4) is 0 Å². The van der Waals surface area contributed by atoms with Crippen LogP contribution in [0.15, 0.2) is 24.3 Å². The summed E-state index contributed by atoms with van der Waals surface area (Å²) >= 11 is 5.97. The monoisotopic (exact) mass is 308 g/mol. The van der Waals surface area contributed by atoms with E-state index < -0.39 is 0 Å². The lowest BCUT2D eigenvalue weighted by Crippen LogP contribution is -2.37. The van der Waals surface area contributed by atoms with Crippen molar-refractivity contribution in [3.8, 4) is 0 Å². The SMILES string of the molecule is CCCC1NC(c2ccc(Cl)cc2)N(CC(C)(C)C)C1=O. The molecule has 116 valence electrons. The quantitative estimate of drug-likeness (QED) is 0.912. The maximum absolute atomic E-state index is 12.7. The Morgan fingerprint density at radius 1 is 1.24 bits per heavy atom. The van der Waals surface area contributed by atoms with Crippen molar-refractivity contribution >= 4 is 17.5 Å². The summed E-state index contributed by atoms with van der Waals surface area (Å²) in [5, 5.41) is 4.20. The van der Waals surface area contributed by atoms with Gasteiger partial charge in [0.05, 0.1) is 6.04 Å². The normalized spacial score (nSPS) is 22.9. The summed E-state index contributed by atoms with van der Waals surface area (Å²) in [6.45, 7) is 9.33. The van der Waals surface area contributed by atoms with Gasteiger partial charge in [-0.1, -0.05) is 57.8 Å². The number of nitrogens with one attached hydrogen (secondary N) is 1. The molecule has 1 aliphatic heterocycles. The summed E-state index contributed by atoms with van der Waals surface area (Å²) < 4.78 is 0. The summed E-state index contributed by atoms with van der Waals surface area (Å²) in [7, 11) is 0. The van der Waals surface area contributed by atoms with Crippen LogP contribution in [0.5, 0.6) is 0 Å². The molecule has 0 aliphatic carbocycles. The van der Waals surface area contributed by atoms with Gasteiger partial charge in [-0.15, -0.1) is 0 Å². The average molecular weight is 309 g/mol. The number of nitrogens with zero attached hydrogens (tertiary/aromatic N) is 1. The van der Waals surface area contributed by atoms with Gasteiger partial charge in [0.25, 0.3) is 0 Å². The van der Waals surface area contributed by atoms with Crippen LogP contribution in [0.2, 0.25) is 5.02 Å². The highest BCUT2D eigenvalue weighted by Crippen LogP contribution is 2.31. The Morgan fingerprint density at radius 3 is 2.38 bits per heavy atom. The van der Waals surface area contributed by atoms with Crippen molar-refractivity contribution in [1.82, 2.24) is 10.2 Å². The Morgan fingerprint density at radius 2 is 1.86 bits per heavy atom. The highest BCUT2D eigenvalue weighted by atomic mass is 35.5. The second-order valence-electron chi connectivity index (χ2n) is 6.99. The van der Waals surface area contributed by atoms with Crippen LogP contribution in [-0.4, -0.2) is 23.4 Å². The van der Waals surface area contributed by atoms with E-state index in [-0.39, 0.29) is 23.5 Å². The number of benzene rings is 1. The molecule has 0 spiro atoms. The van der Waals surface area contributed by atoms with E-state index in [1.165, 1.54) is 0 Å². The predicted molar refractivity (Wildman–Crippen MR) is 87.2 cm³/mol. The molecule has 0 bridgehead atoms. The zero-order chi connectivity index (χ0) is 15.6. The lowest BCUT2D eigenvalue weighted by molar-refractivity contribution is -0.131. The lowest BCUT2D eigenvalue weighted by Gasteiger charge is -2.31. The summed E-state index contributed by atoms with van der Waals surface area (Å²) in [5.41, 5.74) is 1.17. The largest absolute Gasteiger partial charge is 0.321 e. The fraction of sp³-hybridized carbons (Fsp3) is 0.588. The molecule has 1 fully saturated rings. The molecular formula is C17H25ClN2O. The number of carbonyl (C=O) groups is 1. The molecule has 4 heteroatoms. The Balaban J connectivity index is 2.27.